The Labute approximate surface area is 198 Å². The zero-order valence-corrected chi connectivity index (χ0v) is 19.6. The molecule has 0 unspecified atom stereocenters. The van der Waals surface area contributed by atoms with Gasteiger partial charge in [0, 0.05) is 37.4 Å². The molecule has 0 spiro atoms. The SMILES string of the molecule is COc1ccc(N2CCCN(C(=O)c3cccc(S(=O)(=O)Nc4ccccc4F)c3)CC2)cc1. The van der Waals surface area contributed by atoms with E-state index in [1.54, 1.807) is 18.1 Å². The quantitative estimate of drug-likeness (QED) is 0.574. The summed E-state index contributed by atoms with van der Waals surface area (Å²) in [6.07, 6.45) is 0.782. The Morgan fingerprint density at radius 2 is 1.71 bits per heavy atom. The number of anilines is 2. The predicted molar refractivity (Wildman–Crippen MR) is 129 cm³/mol. The lowest BCUT2D eigenvalue weighted by Gasteiger charge is -2.24. The maximum absolute atomic E-state index is 13.9. The van der Waals surface area contributed by atoms with E-state index in [-0.39, 0.29) is 22.1 Å². The first-order chi connectivity index (χ1) is 16.4. The first-order valence-corrected chi connectivity index (χ1v) is 12.4. The largest absolute Gasteiger partial charge is 0.497 e. The minimum absolute atomic E-state index is 0.101. The topological polar surface area (TPSA) is 79.0 Å². The van der Waals surface area contributed by atoms with E-state index in [1.807, 2.05) is 24.3 Å². The third-order valence-corrected chi connectivity index (χ3v) is 7.09. The lowest BCUT2D eigenvalue weighted by molar-refractivity contribution is 0.0766. The molecular formula is C25H26FN3O4S. The highest BCUT2D eigenvalue weighted by Gasteiger charge is 2.23. The van der Waals surface area contributed by atoms with Crippen molar-refractivity contribution in [3.63, 3.8) is 0 Å². The van der Waals surface area contributed by atoms with Crippen LogP contribution in [0.15, 0.2) is 77.7 Å². The zero-order valence-electron chi connectivity index (χ0n) is 18.8. The molecule has 0 aromatic heterocycles. The standard InChI is InChI=1S/C25H26FN3O4S/c1-33-21-12-10-20(11-13-21)28-14-5-15-29(17-16-28)25(30)19-6-4-7-22(18-19)34(31,32)27-24-9-3-2-8-23(24)26/h2-4,6-13,18,27H,5,14-17H2,1H3. The highest BCUT2D eigenvalue weighted by molar-refractivity contribution is 7.92. The molecule has 0 saturated carbocycles. The van der Waals surface area contributed by atoms with Gasteiger partial charge in [0.05, 0.1) is 17.7 Å². The molecule has 3 aromatic rings. The van der Waals surface area contributed by atoms with Crippen molar-refractivity contribution in [3.8, 4) is 5.75 Å². The van der Waals surface area contributed by atoms with Gasteiger partial charge in [-0.05, 0) is 61.0 Å². The summed E-state index contributed by atoms with van der Waals surface area (Å²) < 4.78 is 47.0. The van der Waals surface area contributed by atoms with Gasteiger partial charge in [0.2, 0.25) is 0 Å². The molecule has 1 N–H and O–H groups in total. The van der Waals surface area contributed by atoms with Crippen molar-refractivity contribution >= 4 is 27.3 Å². The lowest BCUT2D eigenvalue weighted by Crippen LogP contribution is -2.35. The molecule has 0 aliphatic carbocycles. The number of hydrogen-bond acceptors (Lipinski definition) is 5. The lowest BCUT2D eigenvalue weighted by atomic mass is 10.2. The monoisotopic (exact) mass is 483 g/mol. The molecule has 4 rings (SSSR count). The zero-order chi connectivity index (χ0) is 24.1. The number of benzene rings is 3. The first-order valence-electron chi connectivity index (χ1n) is 10.9. The number of halogens is 1. The summed E-state index contributed by atoms with van der Waals surface area (Å²) in [6.45, 7) is 2.53. The van der Waals surface area contributed by atoms with Crippen molar-refractivity contribution in [2.24, 2.45) is 0 Å². The van der Waals surface area contributed by atoms with Gasteiger partial charge in [0.25, 0.3) is 15.9 Å². The van der Waals surface area contributed by atoms with Crippen molar-refractivity contribution in [2.45, 2.75) is 11.3 Å². The number of nitrogens with one attached hydrogen (secondary N) is 1. The van der Waals surface area contributed by atoms with Gasteiger partial charge < -0.3 is 14.5 Å². The molecule has 1 saturated heterocycles. The number of nitrogens with zero attached hydrogens (tertiary/aromatic N) is 2. The van der Waals surface area contributed by atoms with E-state index in [9.17, 15) is 17.6 Å². The Morgan fingerprint density at radius 1 is 0.941 bits per heavy atom. The van der Waals surface area contributed by atoms with Gasteiger partial charge in [-0.1, -0.05) is 18.2 Å². The summed E-state index contributed by atoms with van der Waals surface area (Å²) in [5.74, 6) is -0.126. The van der Waals surface area contributed by atoms with Gasteiger partial charge in [-0.2, -0.15) is 0 Å². The van der Waals surface area contributed by atoms with Crippen molar-refractivity contribution in [3.05, 3.63) is 84.2 Å². The van der Waals surface area contributed by atoms with E-state index < -0.39 is 15.8 Å². The molecule has 1 heterocycles. The van der Waals surface area contributed by atoms with Crippen LogP contribution in [0.25, 0.3) is 0 Å². The average Bonchev–Trinajstić information content (AvgIpc) is 3.11. The number of methoxy groups -OCH3 is 1. The van der Waals surface area contributed by atoms with E-state index in [0.717, 1.165) is 24.4 Å². The fourth-order valence-corrected chi connectivity index (χ4v) is 5.01. The fraction of sp³-hybridized carbons (Fsp3) is 0.240. The Balaban J connectivity index is 1.47. The number of carbonyl (C=O) groups excluding carboxylic acids is 1. The summed E-state index contributed by atoms with van der Waals surface area (Å²) in [5.41, 5.74) is 1.18. The van der Waals surface area contributed by atoms with Crippen molar-refractivity contribution in [1.82, 2.24) is 4.90 Å². The van der Waals surface area contributed by atoms with Crippen LogP contribution in [-0.2, 0) is 10.0 Å². The van der Waals surface area contributed by atoms with Crippen molar-refractivity contribution in [2.75, 3.05) is 42.9 Å². The molecule has 0 bridgehead atoms. The van der Waals surface area contributed by atoms with E-state index in [1.165, 1.54) is 42.5 Å². The highest BCUT2D eigenvalue weighted by atomic mass is 32.2. The fourth-order valence-electron chi connectivity index (χ4n) is 3.90. The second-order valence-corrected chi connectivity index (χ2v) is 9.63. The van der Waals surface area contributed by atoms with E-state index in [2.05, 4.69) is 9.62 Å². The van der Waals surface area contributed by atoms with Crippen molar-refractivity contribution in [1.29, 1.82) is 0 Å². The third kappa shape index (κ3) is 5.31. The number of rotatable bonds is 6. The van der Waals surface area contributed by atoms with Gasteiger partial charge in [-0.25, -0.2) is 12.8 Å². The molecule has 1 amide bonds. The van der Waals surface area contributed by atoms with Crippen LogP contribution in [0.5, 0.6) is 5.75 Å². The van der Waals surface area contributed by atoms with Crippen LogP contribution in [0.2, 0.25) is 0 Å². The maximum atomic E-state index is 13.9. The average molecular weight is 484 g/mol. The maximum Gasteiger partial charge on any atom is 0.262 e. The van der Waals surface area contributed by atoms with E-state index in [0.29, 0.717) is 19.6 Å². The van der Waals surface area contributed by atoms with Gasteiger partial charge in [-0.15, -0.1) is 0 Å². The van der Waals surface area contributed by atoms with Crippen LogP contribution in [0.3, 0.4) is 0 Å². The molecule has 0 radical (unpaired) electrons. The van der Waals surface area contributed by atoms with E-state index in [4.69, 9.17) is 4.74 Å². The van der Waals surface area contributed by atoms with Gasteiger partial charge >= 0.3 is 0 Å². The van der Waals surface area contributed by atoms with Gasteiger partial charge in [-0.3, -0.25) is 9.52 Å². The number of para-hydroxylation sites is 1. The van der Waals surface area contributed by atoms with Crippen LogP contribution >= 0.6 is 0 Å². The predicted octanol–water partition coefficient (Wildman–Crippen LogP) is 3.99. The Bertz CT molecular complexity index is 1270. The smallest absolute Gasteiger partial charge is 0.262 e. The molecule has 0 atom stereocenters. The number of carbonyl (C=O) groups is 1. The van der Waals surface area contributed by atoms with Crippen LogP contribution in [-0.4, -0.2) is 52.5 Å². The summed E-state index contributed by atoms with van der Waals surface area (Å²) in [7, 11) is -2.43. The minimum atomic E-state index is -4.06. The molecule has 1 aliphatic rings. The summed E-state index contributed by atoms with van der Waals surface area (Å²) >= 11 is 0. The normalized spacial score (nSPS) is 14.4. The van der Waals surface area contributed by atoms with Gasteiger partial charge in [0.1, 0.15) is 11.6 Å². The molecule has 1 fully saturated rings. The Morgan fingerprint density at radius 3 is 2.44 bits per heavy atom. The first kappa shape index (κ1) is 23.6. The van der Waals surface area contributed by atoms with Crippen LogP contribution in [0, 0.1) is 5.82 Å². The Hall–Kier alpha value is -3.59. The highest BCUT2D eigenvalue weighted by Crippen LogP contribution is 2.23. The molecule has 34 heavy (non-hydrogen) atoms. The third-order valence-electron chi connectivity index (χ3n) is 5.73. The molecular weight excluding hydrogens is 457 g/mol. The van der Waals surface area contributed by atoms with Crippen LogP contribution in [0.1, 0.15) is 16.8 Å². The van der Waals surface area contributed by atoms with Crippen molar-refractivity contribution < 1.29 is 22.3 Å². The number of sulfonamides is 1. The summed E-state index contributed by atoms with van der Waals surface area (Å²) in [5, 5.41) is 0. The van der Waals surface area contributed by atoms with Gasteiger partial charge in [0.15, 0.2) is 0 Å². The summed E-state index contributed by atoms with van der Waals surface area (Å²) in [6, 6.07) is 19.2. The number of ether oxygens (including phenoxy) is 1. The number of amides is 1. The number of hydrogen-bond donors (Lipinski definition) is 1. The Kier molecular flexibility index (Phi) is 7.02. The second-order valence-electron chi connectivity index (χ2n) is 7.94. The van der Waals surface area contributed by atoms with Crippen LogP contribution < -0.4 is 14.4 Å². The van der Waals surface area contributed by atoms with Crippen LogP contribution in [0.4, 0.5) is 15.8 Å². The molecule has 178 valence electrons. The van der Waals surface area contributed by atoms with E-state index >= 15 is 0 Å². The summed E-state index contributed by atoms with van der Waals surface area (Å²) in [4.78, 5) is 17.0. The molecule has 1 aliphatic heterocycles. The molecule has 9 heteroatoms. The molecule has 3 aromatic carbocycles. The minimum Gasteiger partial charge on any atom is -0.497 e. The molecule has 7 nitrogen and oxygen atoms in total. The second kappa shape index (κ2) is 10.1.